The molecule has 1 atom stereocenters. The molecule has 5 amide bonds. The van der Waals surface area contributed by atoms with E-state index in [0.717, 1.165) is 11.3 Å². The first kappa shape index (κ1) is 27.6. The molecule has 2 N–H and O–H groups in total. The van der Waals surface area contributed by atoms with Gasteiger partial charge in [0.25, 0.3) is 11.8 Å². The van der Waals surface area contributed by atoms with Crippen LogP contribution in [0.5, 0.6) is 0 Å². The van der Waals surface area contributed by atoms with Crippen molar-refractivity contribution in [1.29, 1.82) is 0 Å². The van der Waals surface area contributed by atoms with E-state index < -0.39 is 35.6 Å². The number of hydrogen-bond donors (Lipinski definition) is 2. The van der Waals surface area contributed by atoms with Gasteiger partial charge in [-0.3, -0.25) is 34.2 Å². The number of anilines is 1. The van der Waals surface area contributed by atoms with Gasteiger partial charge in [-0.15, -0.1) is 0 Å². The standard InChI is InChI=1S/C28H29N3O8/c32-22(12-5-2-6-15-38-16-17-39-28(37)18-8-3-1-4-9-18)29-20-11-7-10-19-24(20)27(36)31(26(19)35)21-13-14-23(33)30-25(21)34/h1,3-4,7-11,21H,2,5-6,12-17H2,(H,29,32)(H,30,33,34). The minimum absolute atomic E-state index is 0.0279. The molecule has 2 aromatic carbocycles. The van der Waals surface area contributed by atoms with Gasteiger partial charge >= 0.3 is 5.97 Å². The molecule has 0 aromatic heterocycles. The van der Waals surface area contributed by atoms with E-state index >= 15 is 0 Å². The van der Waals surface area contributed by atoms with E-state index in [2.05, 4.69) is 10.6 Å². The van der Waals surface area contributed by atoms with Crippen LogP contribution in [0.4, 0.5) is 5.69 Å². The summed E-state index contributed by atoms with van der Waals surface area (Å²) in [6, 6.07) is 12.2. The number of ether oxygens (including phenoxy) is 2. The first-order chi connectivity index (χ1) is 18.9. The Morgan fingerprint density at radius 3 is 2.46 bits per heavy atom. The molecule has 0 saturated carbocycles. The van der Waals surface area contributed by atoms with E-state index in [9.17, 15) is 28.8 Å². The van der Waals surface area contributed by atoms with Crippen molar-refractivity contribution in [3.05, 3.63) is 65.2 Å². The Balaban J connectivity index is 1.17. The Bertz CT molecular complexity index is 1280. The largest absolute Gasteiger partial charge is 0.460 e. The average molecular weight is 536 g/mol. The summed E-state index contributed by atoms with van der Waals surface area (Å²) < 4.78 is 10.6. The third-order valence-electron chi connectivity index (χ3n) is 6.41. The second-order valence-corrected chi connectivity index (χ2v) is 9.15. The summed E-state index contributed by atoms with van der Waals surface area (Å²) in [5.74, 6) is -3.15. The van der Waals surface area contributed by atoms with Crippen LogP contribution in [0.3, 0.4) is 0 Å². The van der Waals surface area contributed by atoms with Gasteiger partial charge in [-0.2, -0.15) is 0 Å². The maximum atomic E-state index is 13.1. The Hall–Kier alpha value is -4.38. The molecule has 39 heavy (non-hydrogen) atoms. The summed E-state index contributed by atoms with van der Waals surface area (Å²) in [4.78, 5) is 74.9. The van der Waals surface area contributed by atoms with Crippen LogP contribution in [0.2, 0.25) is 0 Å². The van der Waals surface area contributed by atoms with Crippen LogP contribution in [0.25, 0.3) is 0 Å². The molecule has 0 bridgehead atoms. The fraction of sp³-hybridized carbons (Fsp3) is 0.357. The zero-order chi connectivity index (χ0) is 27.8. The lowest BCUT2D eigenvalue weighted by atomic mass is 10.0. The quantitative estimate of drug-likeness (QED) is 0.239. The third-order valence-corrected chi connectivity index (χ3v) is 6.41. The molecule has 0 aliphatic carbocycles. The van der Waals surface area contributed by atoms with Crippen molar-refractivity contribution in [3.8, 4) is 0 Å². The summed E-state index contributed by atoms with van der Waals surface area (Å²) >= 11 is 0. The molecule has 0 radical (unpaired) electrons. The van der Waals surface area contributed by atoms with Gasteiger partial charge in [0, 0.05) is 19.4 Å². The molecular formula is C28H29N3O8. The predicted octanol–water partition coefficient (Wildman–Crippen LogP) is 2.46. The van der Waals surface area contributed by atoms with Gasteiger partial charge in [0.1, 0.15) is 12.6 Å². The van der Waals surface area contributed by atoms with Crippen molar-refractivity contribution in [2.45, 2.75) is 44.6 Å². The number of piperidine rings is 1. The maximum absolute atomic E-state index is 13.1. The van der Waals surface area contributed by atoms with Crippen LogP contribution in [-0.2, 0) is 23.9 Å². The zero-order valence-corrected chi connectivity index (χ0v) is 21.3. The highest BCUT2D eigenvalue weighted by atomic mass is 16.6. The summed E-state index contributed by atoms with van der Waals surface area (Å²) in [6.07, 6.45) is 2.32. The first-order valence-electron chi connectivity index (χ1n) is 12.8. The highest BCUT2D eigenvalue weighted by Crippen LogP contribution is 2.32. The number of unbranched alkanes of at least 4 members (excludes halogenated alkanes) is 2. The van der Waals surface area contributed by atoms with Gasteiger partial charge in [-0.05, 0) is 43.5 Å². The normalized spacial score (nSPS) is 16.6. The third kappa shape index (κ3) is 6.74. The minimum atomic E-state index is -1.07. The van der Waals surface area contributed by atoms with E-state index in [0.29, 0.717) is 25.0 Å². The molecule has 0 spiro atoms. The zero-order valence-electron chi connectivity index (χ0n) is 21.3. The van der Waals surface area contributed by atoms with Gasteiger partial charge in [0.15, 0.2) is 0 Å². The number of fused-ring (bicyclic) bond motifs is 1. The summed E-state index contributed by atoms with van der Waals surface area (Å²) in [5.41, 5.74) is 0.842. The summed E-state index contributed by atoms with van der Waals surface area (Å²) in [6.45, 7) is 0.893. The monoisotopic (exact) mass is 535 g/mol. The van der Waals surface area contributed by atoms with Gasteiger partial charge in [-0.25, -0.2) is 4.79 Å². The van der Waals surface area contributed by atoms with Gasteiger partial charge in [0.05, 0.1) is 29.0 Å². The predicted molar refractivity (Wildman–Crippen MR) is 138 cm³/mol. The van der Waals surface area contributed by atoms with Crippen LogP contribution < -0.4 is 10.6 Å². The number of amides is 5. The Morgan fingerprint density at radius 1 is 0.897 bits per heavy atom. The second-order valence-electron chi connectivity index (χ2n) is 9.15. The van der Waals surface area contributed by atoms with Crippen LogP contribution in [0.15, 0.2) is 48.5 Å². The van der Waals surface area contributed by atoms with Crippen molar-refractivity contribution in [3.63, 3.8) is 0 Å². The van der Waals surface area contributed by atoms with Crippen molar-refractivity contribution in [2.75, 3.05) is 25.1 Å². The fourth-order valence-electron chi connectivity index (χ4n) is 4.45. The van der Waals surface area contributed by atoms with Crippen molar-refractivity contribution in [2.24, 2.45) is 0 Å². The van der Waals surface area contributed by atoms with Crippen LogP contribution in [-0.4, -0.2) is 66.3 Å². The number of esters is 1. The number of nitrogens with zero attached hydrogens (tertiary/aromatic N) is 1. The van der Waals surface area contributed by atoms with E-state index in [4.69, 9.17) is 9.47 Å². The SMILES string of the molecule is O=C1CCC(N2C(=O)c3cccc(NC(=O)CCCCCOCCOC(=O)c4ccccc4)c3C2=O)C(=O)N1. The first-order valence-corrected chi connectivity index (χ1v) is 12.8. The molecule has 2 aliphatic heterocycles. The topological polar surface area (TPSA) is 148 Å². The Labute approximate surface area is 224 Å². The number of nitrogens with one attached hydrogen (secondary N) is 2. The lowest BCUT2D eigenvalue weighted by Gasteiger charge is -2.27. The number of hydrogen-bond acceptors (Lipinski definition) is 8. The van der Waals surface area contributed by atoms with E-state index in [1.54, 1.807) is 30.3 Å². The fourth-order valence-corrected chi connectivity index (χ4v) is 4.45. The molecule has 1 unspecified atom stereocenters. The summed E-state index contributed by atoms with van der Waals surface area (Å²) in [5, 5.41) is 4.86. The molecule has 204 valence electrons. The van der Waals surface area contributed by atoms with Gasteiger partial charge in [-0.1, -0.05) is 30.7 Å². The summed E-state index contributed by atoms with van der Waals surface area (Å²) in [7, 11) is 0. The van der Waals surface area contributed by atoms with Crippen LogP contribution in [0, 0.1) is 0 Å². The molecule has 2 aliphatic rings. The molecule has 4 rings (SSSR count). The van der Waals surface area contributed by atoms with Crippen LogP contribution in [0.1, 0.15) is 69.6 Å². The highest BCUT2D eigenvalue weighted by molar-refractivity contribution is 6.26. The van der Waals surface area contributed by atoms with Crippen molar-refractivity contribution in [1.82, 2.24) is 10.2 Å². The highest BCUT2D eigenvalue weighted by Gasteiger charge is 2.45. The van der Waals surface area contributed by atoms with E-state index in [1.807, 2.05) is 6.07 Å². The molecule has 2 aromatic rings. The molecule has 1 saturated heterocycles. The van der Waals surface area contributed by atoms with E-state index in [-0.39, 0.29) is 55.2 Å². The lowest BCUT2D eigenvalue weighted by molar-refractivity contribution is -0.136. The smallest absolute Gasteiger partial charge is 0.338 e. The Morgan fingerprint density at radius 2 is 1.69 bits per heavy atom. The number of benzene rings is 2. The average Bonchev–Trinajstić information content (AvgIpc) is 3.18. The van der Waals surface area contributed by atoms with Crippen molar-refractivity contribution >= 4 is 41.2 Å². The van der Waals surface area contributed by atoms with E-state index in [1.165, 1.54) is 12.1 Å². The molecule has 2 heterocycles. The minimum Gasteiger partial charge on any atom is -0.460 e. The second kappa shape index (κ2) is 12.9. The number of rotatable bonds is 12. The Kier molecular flexibility index (Phi) is 9.16. The molecular weight excluding hydrogens is 506 g/mol. The van der Waals surface area contributed by atoms with Crippen LogP contribution >= 0.6 is 0 Å². The number of carbonyl (C=O) groups excluding carboxylic acids is 6. The van der Waals surface area contributed by atoms with Gasteiger partial charge in [0.2, 0.25) is 17.7 Å². The van der Waals surface area contributed by atoms with Gasteiger partial charge < -0.3 is 14.8 Å². The van der Waals surface area contributed by atoms with Crippen molar-refractivity contribution < 1.29 is 38.2 Å². The lowest BCUT2D eigenvalue weighted by Crippen LogP contribution is -2.54. The molecule has 11 heteroatoms. The maximum Gasteiger partial charge on any atom is 0.338 e. The number of imide groups is 2. The molecule has 1 fully saturated rings. The number of carbonyl (C=O) groups is 6. The molecule has 11 nitrogen and oxygen atoms in total.